The third-order valence-electron chi connectivity index (χ3n) is 3.94. The number of amides is 1. The first kappa shape index (κ1) is 24.0. The van der Waals surface area contributed by atoms with Crippen molar-refractivity contribution in [1.82, 2.24) is 10.2 Å². The van der Waals surface area contributed by atoms with Gasteiger partial charge in [-0.15, -0.1) is 24.0 Å². The molecule has 0 saturated carbocycles. The second kappa shape index (κ2) is 12.5. The number of nitrogens with two attached hydrogens (primary N) is 1. The van der Waals surface area contributed by atoms with Crippen LogP contribution in [-0.4, -0.2) is 44.0 Å². The molecule has 0 aromatic heterocycles. The second-order valence-corrected chi connectivity index (χ2v) is 6.48. The van der Waals surface area contributed by atoms with Gasteiger partial charge >= 0.3 is 0 Å². The van der Waals surface area contributed by atoms with E-state index >= 15 is 0 Å². The summed E-state index contributed by atoms with van der Waals surface area (Å²) in [5, 5.41) is 4.10. The Kier molecular flexibility index (Phi) is 10.7. The van der Waals surface area contributed by atoms with Crippen LogP contribution in [0.4, 0.5) is 0 Å². The van der Waals surface area contributed by atoms with Gasteiger partial charge in [0.15, 0.2) is 12.6 Å². The predicted octanol–water partition coefficient (Wildman–Crippen LogP) is 3.07. The summed E-state index contributed by atoms with van der Waals surface area (Å²) in [6.07, 6.45) is 0.828. The fourth-order valence-electron chi connectivity index (χ4n) is 2.57. The maximum absolute atomic E-state index is 10.7. The van der Waals surface area contributed by atoms with Gasteiger partial charge in [-0.3, -0.25) is 9.79 Å². The lowest BCUT2D eigenvalue weighted by Gasteiger charge is -2.22. The molecule has 1 amide bonds. The van der Waals surface area contributed by atoms with Crippen molar-refractivity contribution in [3.63, 3.8) is 0 Å². The maximum Gasteiger partial charge on any atom is 0.255 e. The third-order valence-corrected chi connectivity index (χ3v) is 4.31. The normalized spacial score (nSPS) is 10.8. The van der Waals surface area contributed by atoms with Crippen LogP contribution in [0.15, 0.2) is 53.5 Å². The van der Waals surface area contributed by atoms with Gasteiger partial charge in [0.1, 0.15) is 5.75 Å². The molecule has 0 aliphatic rings. The lowest BCUT2D eigenvalue weighted by molar-refractivity contribution is -0.119. The molecule has 0 heterocycles. The van der Waals surface area contributed by atoms with Crippen molar-refractivity contribution in [2.24, 2.45) is 10.7 Å². The zero-order valence-electron chi connectivity index (χ0n) is 16.0. The molecule has 2 rings (SSSR count). The molecule has 0 atom stereocenters. The molecular formula is C20H26ClIN4O2. The van der Waals surface area contributed by atoms with E-state index in [0.29, 0.717) is 12.3 Å². The van der Waals surface area contributed by atoms with E-state index in [4.69, 9.17) is 22.1 Å². The number of ether oxygens (including phenoxy) is 1. The zero-order chi connectivity index (χ0) is 19.6. The minimum Gasteiger partial charge on any atom is -0.484 e. The van der Waals surface area contributed by atoms with Crippen molar-refractivity contribution >= 4 is 47.4 Å². The number of benzene rings is 2. The Morgan fingerprint density at radius 1 is 1.21 bits per heavy atom. The fourth-order valence-corrected chi connectivity index (χ4v) is 2.76. The highest BCUT2D eigenvalue weighted by Crippen LogP contribution is 2.16. The topological polar surface area (TPSA) is 80.0 Å². The predicted molar refractivity (Wildman–Crippen MR) is 125 cm³/mol. The molecule has 0 aliphatic carbocycles. The molecule has 152 valence electrons. The summed E-state index contributed by atoms with van der Waals surface area (Å²) in [5.41, 5.74) is 7.27. The van der Waals surface area contributed by atoms with Crippen molar-refractivity contribution in [2.45, 2.75) is 13.0 Å². The van der Waals surface area contributed by atoms with Gasteiger partial charge in [0.2, 0.25) is 0 Å². The minimum absolute atomic E-state index is 0. The highest BCUT2D eigenvalue weighted by Gasteiger charge is 2.08. The van der Waals surface area contributed by atoms with Gasteiger partial charge < -0.3 is 20.7 Å². The zero-order valence-corrected chi connectivity index (χ0v) is 19.1. The van der Waals surface area contributed by atoms with Crippen LogP contribution in [0.3, 0.4) is 0 Å². The van der Waals surface area contributed by atoms with Crippen LogP contribution >= 0.6 is 35.6 Å². The standard InChI is InChI=1S/C20H25ClN4O2.HI/c1-23-20(25(2)13-16-5-3-4-6-18(16)21)24-12-11-15-7-9-17(10-8-15)27-14-19(22)26;/h3-10H,11-14H2,1-2H3,(H2,22,26)(H,23,24);1H. The van der Waals surface area contributed by atoms with Gasteiger partial charge in [0.25, 0.3) is 5.91 Å². The molecule has 0 aliphatic heterocycles. The number of hydrogen-bond acceptors (Lipinski definition) is 3. The van der Waals surface area contributed by atoms with Crippen LogP contribution in [0.2, 0.25) is 5.02 Å². The van der Waals surface area contributed by atoms with Crippen molar-refractivity contribution in [1.29, 1.82) is 0 Å². The number of guanidine groups is 1. The monoisotopic (exact) mass is 516 g/mol. The van der Waals surface area contributed by atoms with Crippen LogP contribution in [0.5, 0.6) is 5.75 Å². The van der Waals surface area contributed by atoms with E-state index in [1.54, 1.807) is 7.05 Å². The van der Waals surface area contributed by atoms with E-state index in [1.807, 2.05) is 60.5 Å². The molecule has 3 N–H and O–H groups in total. The number of nitrogens with zero attached hydrogens (tertiary/aromatic N) is 2. The summed E-state index contributed by atoms with van der Waals surface area (Å²) in [6, 6.07) is 15.4. The Morgan fingerprint density at radius 2 is 1.89 bits per heavy atom. The number of carbonyl (C=O) groups excluding carboxylic acids is 1. The van der Waals surface area contributed by atoms with Crippen molar-refractivity contribution < 1.29 is 9.53 Å². The minimum atomic E-state index is -0.490. The fraction of sp³-hybridized carbons (Fsp3) is 0.300. The number of primary amides is 1. The van der Waals surface area contributed by atoms with Gasteiger partial charge in [-0.25, -0.2) is 0 Å². The van der Waals surface area contributed by atoms with E-state index < -0.39 is 5.91 Å². The summed E-state index contributed by atoms with van der Waals surface area (Å²) < 4.78 is 5.25. The summed E-state index contributed by atoms with van der Waals surface area (Å²) >= 11 is 6.23. The Bertz CT molecular complexity index is 784. The third kappa shape index (κ3) is 7.93. The van der Waals surface area contributed by atoms with Crippen LogP contribution in [-0.2, 0) is 17.8 Å². The van der Waals surface area contributed by atoms with Crippen LogP contribution < -0.4 is 15.8 Å². The molecule has 8 heteroatoms. The second-order valence-electron chi connectivity index (χ2n) is 6.07. The molecule has 0 bridgehead atoms. The number of hydrogen-bond donors (Lipinski definition) is 2. The van der Waals surface area contributed by atoms with Crippen molar-refractivity contribution in [3.8, 4) is 5.75 Å². The molecule has 0 fully saturated rings. The van der Waals surface area contributed by atoms with E-state index in [0.717, 1.165) is 35.1 Å². The lowest BCUT2D eigenvalue weighted by Crippen LogP contribution is -2.39. The van der Waals surface area contributed by atoms with Gasteiger partial charge in [0.05, 0.1) is 0 Å². The molecule has 6 nitrogen and oxygen atoms in total. The quantitative estimate of drug-likeness (QED) is 0.321. The molecule has 0 radical (unpaired) electrons. The highest BCUT2D eigenvalue weighted by molar-refractivity contribution is 14.0. The van der Waals surface area contributed by atoms with Gasteiger partial charge in [0, 0.05) is 32.2 Å². The molecule has 0 unspecified atom stereocenters. The summed E-state index contributed by atoms with van der Waals surface area (Å²) in [6.45, 7) is 1.29. The number of nitrogens with one attached hydrogen (secondary N) is 1. The summed E-state index contributed by atoms with van der Waals surface area (Å²) in [5.74, 6) is 0.938. The van der Waals surface area contributed by atoms with E-state index in [-0.39, 0.29) is 30.6 Å². The van der Waals surface area contributed by atoms with Crippen LogP contribution in [0.1, 0.15) is 11.1 Å². The van der Waals surface area contributed by atoms with E-state index in [1.165, 1.54) is 0 Å². The molecule has 2 aromatic rings. The van der Waals surface area contributed by atoms with Gasteiger partial charge in [-0.05, 0) is 35.7 Å². The Labute approximate surface area is 188 Å². The average Bonchev–Trinajstić information content (AvgIpc) is 2.66. The van der Waals surface area contributed by atoms with Gasteiger partial charge in [-0.2, -0.15) is 0 Å². The summed E-state index contributed by atoms with van der Waals surface area (Å²) in [4.78, 5) is 17.1. The SMILES string of the molecule is CN=C(NCCc1ccc(OCC(N)=O)cc1)N(C)Cc1ccccc1Cl.I. The Morgan fingerprint density at radius 3 is 2.50 bits per heavy atom. The highest BCUT2D eigenvalue weighted by atomic mass is 127. The van der Waals surface area contributed by atoms with E-state index in [2.05, 4.69) is 10.3 Å². The first-order chi connectivity index (χ1) is 13.0. The largest absolute Gasteiger partial charge is 0.484 e. The molecular weight excluding hydrogens is 491 g/mol. The summed E-state index contributed by atoms with van der Waals surface area (Å²) in [7, 11) is 3.74. The van der Waals surface area contributed by atoms with Gasteiger partial charge in [-0.1, -0.05) is 41.9 Å². The maximum atomic E-state index is 10.7. The molecule has 0 saturated heterocycles. The first-order valence-electron chi connectivity index (χ1n) is 8.65. The number of carbonyl (C=O) groups is 1. The Balaban J connectivity index is 0.00000392. The number of aliphatic imine (C=N–C) groups is 1. The number of halogens is 2. The lowest BCUT2D eigenvalue weighted by atomic mass is 10.1. The smallest absolute Gasteiger partial charge is 0.255 e. The first-order valence-corrected chi connectivity index (χ1v) is 9.02. The van der Waals surface area contributed by atoms with Crippen molar-refractivity contribution in [3.05, 3.63) is 64.7 Å². The molecule has 0 spiro atoms. The number of rotatable bonds is 8. The Hall–Kier alpha value is -2.00. The van der Waals surface area contributed by atoms with E-state index in [9.17, 15) is 4.79 Å². The van der Waals surface area contributed by atoms with Crippen LogP contribution in [0.25, 0.3) is 0 Å². The van der Waals surface area contributed by atoms with Crippen molar-refractivity contribution in [2.75, 3.05) is 27.2 Å². The molecule has 28 heavy (non-hydrogen) atoms. The van der Waals surface area contributed by atoms with Crippen LogP contribution in [0, 0.1) is 0 Å². The molecule has 2 aromatic carbocycles. The average molecular weight is 517 g/mol.